The molecule has 0 spiro atoms. The molecule has 0 aliphatic carbocycles. The lowest BCUT2D eigenvalue weighted by Crippen LogP contribution is -1.97. The SMILES string of the molecule is [B]S(=O)(=O)c1ccc(Br)cc1. The standard InChI is InChI=1S/C6H4BBrO2S/c7-11(9,10)6-3-1-5(8)2-4-6/h1-4H. The van der Waals surface area contributed by atoms with E-state index in [2.05, 4.69) is 15.9 Å². The third-order valence-corrected chi connectivity index (χ3v) is 2.60. The van der Waals surface area contributed by atoms with Gasteiger partial charge in [-0.25, -0.2) is 8.42 Å². The molecule has 0 atom stereocenters. The molecule has 0 saturated carbocycles. The molecule has 0 N–H and O–H groups in total. The van der Waals surface area contributed by atoms with E-state index in [0.717, 1.165) is 4.47 Å². The van der Waals surface area contributed by atoms with E-state index in [0.29, 0.717) is 0 Å². The molecule has 1 rings (SSSR count). The van der Waals surface area contributed by atoms with Crippen molar-refractivity contribution in [1.29, 1.82) is 0 Å². The van der Waals surface area contributed by atoms with Gasteiger partial charge in [0.1, 0.15) is 9.69 Å². The highest BCUT2D eigenvalue weighted by Crippen LogP contribution is 2.13. The molecule has 0 heterocycles. The Balaban J connectivity index is 3.20. The summed E-state index contributed by atoms with van der Waals surface area (Å²) >= 11 is 3.18. The quantitative estimate of drug-likeness (QED) is 0.682. The fraction of sp³-hybridized carbons (Fsp3) is 0. The van der Waals surface area contributed by atoms with Crippen LogP contribution in [0.1, 0.15) is 0 Å². The summed E-state index contributed by atoms with van der Waals surface area (Å²) in [6, 6.07) is 6.14. The Kier molecular flexibility index (Phi) is 2.39. The van der Waals surface area contributed by atoms with Gasteiger partial charge in [-0.2, -0.15) is 0 Å². The monoisotopic (exact) mass is 230 g/mol. The van der Waals surface area contributed by atoms with Gasteiger partial charge in [0.15, 0.2) is 0 Å². The maximum Gasteiger partial charge on any atom is 0.262 e. The topological polar surface area (TPSA) is 34.1 Å². The van der Waals surface area contributed by atoms with Gasteiger partial charge in [0, 0.05) is 4.47 Å². The molecule has 0 amide bonds. The lowest BCUT2D eigenvalue weighted by Gasteiger charge is -1.96. The van der Waals surface area contributed by atoms with Gasteiger partial charge in [-0.3, -0.25) is 0 Å². The van der Waals surface area contributed by atoms with Gasteiger partial charge in [-0.05, 0) is 24.3 Å². The molecule has 0 unspecified atom stereocenters. The van der Waals surface area contributed by atoms with Crippen LogP contribution < -0.4 is 0 Å². The predicted octanol–water partition coefficient (Wildman–Crippen LogP) is 1.31. The van der Waals surface area contributed by atoms with Crippen molar-refractivity contribution in [3.8, 4) is 0 Å². The van der Waals surface area contributed by atoms with Crippen molar-refractivity contribution in [2.75, 3.05) is 0 Å². The molecule has 0 aromatic heterocycles. The average molecular weight is 231 g/mol. The Labute approximate surface area is 75.0 Å². The van der Waals surface area contributed by atoms with Crippen molar-refractivity contribution in [2.24, 2.45) is 0 Å². The largest absolute Gasteiger partial charge is 0.262 e. The van der Waals surface area contributed by atoms with E-state index >= 15 is 0 Å². The number of hydrogen-bond acceptors (Lipinski definition) is 2. The molecule has 1 aromatic rings. The molecular formula is C6H4BBrO2S. The zero-order valence-electron chi connectivity index (χ0n) is 5.49. The molecule has 0 saturated heterocycles. The first kappa shape index (κ1) is 8.81. The van der Waals surface area contributed by atoms with E-state index in [-0.39, 0.29) is 4.90 Å². The van der Waals surface area contributed by atoms with E-state index in [1.54, 1.807) is 12.1 Å². The van der Waals surface area contributed by atoms with E-state index in [9.17, 15) is 8.42 Å². The molecule has 2 nitrogen and oxygen atoms in total. The van der Waals surface area contributed by atoms with E-state index in [1.165, 1.54) is 12.1 Å². The van der Waals surface area contributed by atoms with Gasteiger partial charge < -0.3 is 0 Å². The van der Waals surface area contributed by atoms with E-state index in [4.69, 9.17) is 7.12 Å². The highest BCUT2D eigenvalue weighted by molar-refractivity contribution is 9.10. The molecule has 0 aliphatic heterocycles. The third kappa shape index (κ3) is 2.34. The Hall–Kier alpha value is -0.285. The Morgan fingerprint density at radius 3 is 2.00 bits per heavy atom. The van der Waals surface area contributed by atoms with Gasteiger partial charge in [0.05, 0.1) is 4.90 Å². The lowest BCUT2D eigenvalue weighted by atomic mass is 10.4. The average Bonchev–Trinajstić information content (AvgIpc) is 1.86. The van der Waals surface area contributed by atoms with Crippen LogP contribution in [0.5, 0.6) is 0 Å². The Morgan fingerprint density at radius 1 is 1.18 bits per heavy atom. The van der Waals surface area contributed by atoms with Crippen LogP contribution >= 0.6 is 15.9 Å². The lowest BCUT2D eigenvalue weighted by molar-refractivity contribution is 0.609. The van der Waals surface area contributed by atoms with Gasteiger partial charge in [0.2, 0.25) is 0 Å². The highest BCUT2D eigenvalue weighted by atomic mass is 79.9. The first-order valence-corrected chi connectivity index (χ1v) is 5.12. The Morgan fingerprint density at radius 2 is 1.64 bits per heavy atom. The number of benzene rings is 1. The first-order valence-electron chi connectivity index (χ1n) is 2.78. The van der Waals surface area contributed by atoms with Gasteiger partial charge in [-0.15, -0.1) is 0 Å². The van der Waals surface area contributed by atoms with Gasteiger partial charge in [-0.1, -0.05) is 15.9 Å². The van der Waals surface area contributed by atoms with Crippen molar-refractivity contribution >= 4 is 32.7 Å². The molecule has 2 radical (unpaired) electrons. The number of rotatable bonds is 1. The minimum atomic E-state index is -3.54. The second-order valence-corrected chi connectivity index (χ2v) is 4.48. The van der Waals surface area contributed by atoms with Crippen LogP contribution in [0.25, 0.3) is 0 Å². The van der Waals surface area contributed by atoms with Crippen molar-refractivity contribution in [2.45, 2.75) is 4.90 Å². The summed E-state index contributed by atoms with van der Waals surface area (Å²) in [6.07, 6.45) is 0. The first-order chi connectivity index (χ1) is 5.00. The van der Waals surface area contributed by atoms with Crippen molar-refractivity contribution in [3.05, 3.63) is 28.7 Å². The van der Waals surface area contributed by atoms with E-state index in [1.807, 2.05) is 0 Å². The molecule has 0 aliphatic rings. The predicted molar refractivity (Wildman–Crippen MR) is 47.1 cm³/mol. The maximum absolute atomic E-state index is 10.7. The minimum Gasteiger partial charge on any atom is -0.238 e. The normalized spacial score (nSPS) is 11.4. The third-order valence-electron chi connectivity index (χ3n) is 1.14. The summed E-state index contributed by atoms with van der Waals surface area (Å²) in [6.45, 7) is 0. The van der Waals surface area contributed by atoms with Crippen molar-refractivity contribution in [3.63, 3.8) is 0 Å². The zero-order valence-corrected chi connectivity index (χ0v) is 7.89. The fourth-order valence-electron chi connectivity index (χ4n) is 0.624. The summed E-state index contributed by atoms with van der Waals surface area (Å²) < 4.78 is 22.2. The van der Waals surface area contributed by atoms with Crippen LogP contribution in [-0.4, -0.2) is 15.5 Å². The van der Waals surface area contributed by atoms with Crippen LogP contribution in [-0.2, 0) is 9.69 Å². The summed E-state index contributed by atoms with van der Waals surface area (Å²) in [5.41, 5.74) is 0. The van der Waals surface area contributed by atoms with Crippen LogP contribution in [0.3, 0.4) is 0 Å². The van der Waals surface area contributed by atoms with Gasteiger partial charge >= 0.3 is 0 Å². The van der Waals surface area contributed by atoms with Gasteiger partial charge in [0.25, 0.3) is 7.12 Å². The Bertz CT molecular complexity index is 343. The molecule has 1 aromatic carbocycles. The van der Waals surface area contributed by atoms with Crippen LogP contribution in [0, 0.1) is 0 Å². The summed E-state index contributed by atoms with van der Waals surface area (Å²) in [5.74, 6) is 0. The minimum absolute atomic E-state index is 0.126. The zero-order chi connectivity index (χ0) is 8.48. The maximum atomic E-state index is 10.7. The smallest absolute Gasteiger partial charge is 0.238 e. The molecular weight excluding hydrogens is 227 g/mol. The van der Waals surface area contributed by atoms with E-state index < -0.39 is 9.69 Å². The molecule has 5 heteroatoms. The summed E-state index contributed by atoms with van der Waals surface area (Å²) in [4.78, 5) is 0.126. The second-order valence-electron chi connectivity index (χ2n) is 2.00. The van der Waals surface area contributed by atoms with Crippen LogP contribution in [0.4, 0.5) is 0 Å². The molecule has 0 fully saturated rings. The number of hydrogen-bond donors (Lipinski definition) is 0. The molecule has 0 bridgehead atoms. The van der Waals surface area contributed by atoms with Crippen molar-refractivity contribution in [1.82, 2.24) is 0 Å². The van der Waals surface area contributed by atoms with Crippen LogP contribution in [0.15, 0.2) is 33.6 Å². The number of halogens is 1. The fourth-order valence-corrected chi connectivity index (χ4v) is 1.40. The highest BCUT2D eigenvalue weighted by Gasteiger charge is 2.04. The van der Waals surface area contributed by atoms with Crippen LogP contribution in [0.2, 0.25) is 0 Å². The summed E-state index contributed by atoms with van der Waals surface area (Å²) in [5, 5.41) is 0. The second kappa shape index (κ2) is 2.99. The molecule has 11 heavy (non-hydrogen) atoms. The summed E-state index contributed by atoms with van der Waals surface area (Å²) in [7, 11) is 1.32. The molecule has 56 valence electrons. The van der Waals surface area contributed by atoms with Crippen molar-refractivity contribution < 1.29 is 8.42 Å².